The van der Waals surface area contributed by atoms with Crippen LogP contribution < -0.4 is 10.2 Å². The van der Waals surface area contributed by atoms with E-state index in [4.69, 9.17) is 14.1 Å². The summed E-state index contributed by atoms with van der Waals surface area (Å²) in [5.41, 5.74) is 2.18. The Kier molecular flexibility index (Phi) is 9.11. The highest BCUT2D eigenvalue weighted by Gasteiger charge is 2.20. The molecule has 1 aromatic carbocycles. The molecule has 0 spiro atoms. The van der Waals surface area contributed by atoms with Gasteiger partial charge in [-0.05, 0) is 37.5 Å². The highest BCUT2D eigenvalue weighted by Crippen LogP contribution is 2.24. The van der Waals surface area contributed by atoms with Crippen LogP contribution in [-0.2, 0) is 10.5 Å². The number of rotatable bonds is 10. The molecule has 1 atom stereocenters. The molecule has 8 nitrogen and oxygen atoms in total. The average molecular weight is 534 g/mol. The first-order chi connectivity index (χ1) is 18.6. The van der Waals surface area contributed by atoms with Gasteiger partial charge in [-0.2, -0.15) is 0 Å². The normalized spacial score (nSPS) is 18.3. The fraction of sp³-hybridized carbons (Fsp3) is 0.414. The Labute approximate surface area is 228 Å². The molecule has 0 radical (unpaired) electrons. The summed E-state index contributed by atoms with van der Waals surface area (Å²) in [5, 5.41) is 3.62. The minimum absolute atomic E-state index is 0.107. The maximum Gasteiger partial charge on any atom is 0.287 e. The maximum absolute atomic E-state index is 12.4. The van der Waals surface area contributed by atoms with E-state index in [9.17, 15) is 4.79 Å². The third-order valence-corrected chi connectivity index (χ3v) is 7.60. The number of furan rings is 1. The summed E-state index contributed by atoms with van der Waals surface area (Å²) in [7, 11) is 0. The zero-order valence-electron chi connectivity index (χ0n) is 21.8. The Balaban J connectivity index is 1.09. The van der Waals surface area contributed by atoms with E-state index < -0.39 is 0 Å². The van der Waals surface area contributed by atoms with Crippen molar-refractivity contribution in [3.63, 3.8) is 0 Å². The lowest BCUT2D eigenvalue weighted by atomic mass is 10.2. The first-order valence-corrected chi connectivity index (χ1v) is 14.3. The number of aromatic nitrogens is 2. The number of anilines is 1. The van der Waals surface area contributed by atoms with Crippen molar-refractivity contribution in [1.82, 2.24) is 20.2 Å². The van der Waals surface area contributed by atoms with E-state index in [1.165, 1.54) is 17.3 Å². The third kappa shape index (κ3) is 7.46. The van der Waals surface area contributed by atoms with Crippen molar-refractivity contribution in [2.24, 2.45) is 0 Å². The fourth-order valence-corrected chi connectivity index (χ4v) is 5.42. The van der Waals surface area contributed by atoms with E-state index in [1.807, 2.05) is 19.1 Å². The van der Waals surface area contributed by atoms with E-state index in [-0.39, 0.29) is 12.0 Å². The van der Waals surface area contributed by atoms with Crippen LogP contribution in [0.4, 0.5) is 5.82 Å². The van der Waals surface area contributed by atoms with Gasteiger partial charge in [0.2, 0.25) is 0 Å². The minimum atomic E-state index is -0.208. The lowest BCUT2D eigenvalue weighted by Crippen LogP contribution is -2.46. The molecule has 0 bridgehead atoms. The molecule has 3 aromatic rings. The molecule has 0 aliphatic carbocycles. The van der Waals surface area contributed by atoms with E-state index in [0.717, 1.165) is 69.4 Å². The first kappa shape index (κ1) is 26.5. The molecule has 0 saturated carbocycles. The van der Waals surface area contributed by atoms with E-state index in [0.29, 0.717) is 23.2 Å². The summed E-state index contributed by atoms with van der Waals surface area (Å²) >= 11 is 1.52. The molecule has 9 heteroatoms. The standard InChI is InChI=1S/C29H35N5O3S/c1-22-19-27(34-16-14-33(15-17-34)13-5-9-23-7-3-2-4-8-23)32-29(31-22)38-21-25-11-12-26(37-25)28(35)30-20-24-10-6-18-36-24/h2-5,7-9,11-12,19,24H,6,10,13-18,20-21H2,1H3,(H,30,35)/b9-5+. The van der Waals surface area contributed by atoms with Crippen LogP contribution in [0.5, 0.6) is 0 Å². The van der Waals surface area contributed by atoms with Gasteiger partial charge in [-0.3, -0.25) is 9.69 Å². The zero-order valence-corrected chi connectivity index (χ0v) is 22.7. The van der Waals surface area contributed by atoms with Crippen LogP contribution in [0.25, 0.3) is 6.08 Å². The molecule has 4 heterocycles. The second-order valence-electron chi connectivity index (χ2n) is 9.65. The smallest absolute Gasteiger partial charge is 0.287 e. The van der Waals surface area contributed by atoms with Crippen LogP contribution in [0.15, 0.2) is 64.2 Å². The Hall–Kier alpha value is -3.14. The molecule has 2 aromatic heterocycles. The number of ether oxygens (including phenoxy) is 1. The number of nitrogens with zero attached hydrogens (tertiary/aromatic N) is 4. The highest BCUT2D eigenvalue weighted by molar-refractivity contribution is 7.98. The molecular weight excluding hydrogens is 498 g/mol. The predicted molar refractivity (Wildman–Crippen MR) is 150 cm³/mol. The van der Waals surface area contributed by atoms with Crippen LogP contribution >= 0.6 is 11.8 Å². The Morgan fingerprint density at radius 3 is 2.76 bits per heavy atom. The highest BCUT2D eigenvalue weighted by atomic mass is 32.2. The first-order valence-electron chi connectivity index (χ1n) is 13.3. The summed E-state index contributed by atoms with van der Waals surface area (Å²) in [4.78, 5) is 26.6. The number of aryl methyl sites for hydroxylation is 1. The number of nitrogens with one attached hydrogen (secondary N) is 1. The van der Waals surface area contributed by atoms with Gasteiger partial charge in [-0.15, -0.1) is 0 Å². The van der Waals surface area contributed by atoms with Crippen molar-refractivity contribution >= 4 is 29.6 Å². The Morgan fingerprint density at radius 1 is 1.13 bits per heavy atom. The van der Waals surface area contributed by atoms with E-state index >= 15 is 0 Å². The molecule has 1 unspecified atom stereocenters. The van der Waals surface area contributed by atoms with Crippen LogP contribution in [-0.4, -0.2) is 72.8 Å². The van der Waals surface area contributed by atoms with Gasteiger partial charge in [0, 0.05) is 57.6 Å². The molecular formula is C29H35N5O3S. The van der Waals surface area contributed by atoms with Gasteiger partial charge < -0.3 is 19.4 Å². The van der Waals surface area contributed by atoms with Crippen molar-refractivity contribution in [3.8, 4) is 0 Å². The van der Waals surface area contributed by atoms with Gasteiger partial charge in [-0.25, -0.2) is 9.97 Å². The summed E-state index contributed by atoms with van der Waals surface area (Å²) < 4.78 is 11.3. The zero-order chi connectivity index (χ0) is 26.2. The molecule has 1 amide bonds. The fourth-order valence-electron chi connectivity index (χ4n) is 4.63. The minimum Gasteiger partial charge on any atom is -0.455 e. The van der Waals surface area contributed by atoms with Crippen LogP contribution in [0.3, 0.4) is 0 Å². The molecule has 5 rings (SSSR count). The lowest BCUT2D eigenvalue weighted by Gasteiger charge is -2.35. The number of piperazine rings is 1. The number of thioether (sulfide) groups is 1. The monoisotopic (exact) mass is 533 g/mol. The van der Waals surface area contributed by atoms with Gasteiger partial charge >= 0.3 is 0 Å². The number of benzene rings is 1. The second-order valence-corrected chi connectivity index (χ2v) is 10.6. The number of carbonyl (C=O) groups excluding carboxylic acids is 1. The van der Waals surface area contributed by atoms with Gasteiger partial charge in [0.25, 0.3) is 5.91 Å². The number of amides is 1. The summed E-state index contributed by atoms with van der Waals surface area (Å²) in [5.74, 6) is 2.36. The van der Waals surface area contributed by atoms with Gasteiger partial charge in [0.15, 0.2) is 10.9 Å². The van der Waals surface area contributed by atoms with Crippen LogP contribution in [0.2, 0.25) is 0 Å². The van der Waals surface area contributed by atoms with Crippen molar-refractivity contribution in [1.29, 1.82) is 0 Å². The van der Waals surface area contributed by atoms with Crippen molar-refractivity contribution in [2.45, 2.75) is 36.8 Å². The average Bonchev–Trinajstić information content (AvgIpc) is 3.64. The molecule has 2 aliphatic heterocycles. The summed E-state index contributed by atoms with van der Waals surface area (Å²) in [6, 6.07) is 16.0. The van der Waals surface area contributed by atoms with E-state index in [1.54, 1.807) is 6.07 Å². The van der Waals surface area contributed by atoms with E-state index in [2.05, 4.69) is 62.6 Å². The maximum atomic E-state index is 12.4. The van der Waals surface area contributed by atoms with Crippen LogP contribution in [0, 0.1) is 6.92 Å². The molecule has 1 N–H and O–H groups in total. The number of hydrogen-bond donors (Lipinski definition) is 1. The number of hydrogen-bond acceptors (Lipinski definition) is 8. The molecule has 200 valence electrons. The Bertz CT molecular complexity index is 1220. The molecule has 2 aliphatic rings. The third-order valence-electron chi connectivity index (χ3n) is 6.73. The van der Waals surface area contributed by atoms with Crippen LogP contribution in [0.1, 0.15) is 40.4 Å². The molecule has 38 heavy (non-hydrogen) atoms. The van der Waals surface area contributed by atoms with Crippen molar-refractivity contribution in [3.05, 3.63) is 77.4 Å². The SMILES string of the molecule is Cc1cc(N2CCN(C/C=C/c3ccccc3)CC2)nc(SCc2ccc(C(=O)NCC3CCCO3)o2)n1. The summed E-state index contributed by atoms with van der Waals surface area (Å²) in [6.45, 7) is 8.10. The summed E-state index contributed by atoms with van der Waals surface area (Å²) in [6.07, 6.45) is 6.57. The quantitative estimate of drug-likeness (QED) is 0.303. The molecule has 2 saturated heterocycles. The largest absolute Gasteiger partial charge is 0.455 e. The topological polar surface area (TPSA) is 83.7 Å². The van der Waals surface area contributed by atoms with Gasteiger partial charge in [0.1, 0.15) is 11.6 Å². The molecule has 2 fully saturated rings. The van der Waals surface area contributed by atoms with Crippen molar-refractivity contribution < 1.29 is 13.9 Å². The van der Waals surface area contributed by atoms with Gasteiger partial charge in [0.05, 0.1) is 11.9 Å². The van der Waals surface area contributed by atoms with Crippen molar-refractivity contribution in [2.75, 3.05) is 50.8 Å². The number of carbonyl (C=O) groups is 1. The second kappa shape index (κ2) is 13.1. The lowest BCUT2D eigenvalue weighted by molar-refractivity contribution is 0.0834. The Morgan fingerprint density at radius 2 is 1.97 bits per heavy atom. The predicted octanol–water partition coefficient (Wildman–Crippen LogP) is 4.41. The van der Waals surface area contributed by atoms with Gasteiger partial charge in [-0.1, -0.05) is 54.2 Å².